The van der Waals surface area contributed by atoms with Gasteiger partial charge in [0, 0.05) is 36.4 Å². The van der Waals surface area contributed by atoms with E-state index < -0.39 is 17.5 Å². The summed E-state index contributed by atoms with van der Waals surface area (Å²) in [6.45, 7) is 1.16. The van der Waals surface area contributed by atoms with Gasteiger partial charge in [0.05, 0.1) is 11.1 Å². The highest BCUT2D eigenvalue weighted by Gasteiger charge is 2.31. The lowest BCUT2D eigenvalue weighted by Gasteiger charge is -2.33. The van der Waals surface area contributed by atoms with Crippen molar-refractivity contribution in [1.29, 1.82) is 0 Å². The number of piperidine rings is 1. The molecule has 3 aromatic rings. The number of hydrogen-bond donors (Lipinski definition) is 2. The van der Waals surface area contributed by atoms with E-state index in [1.54, 1.807) is 18.2 Å². The zero-order valence-electron chi connectivity index (χ0n) is 15.3. The first-order valence-electron chi connectivity index (χ1n) is 9.15. The maximum atomic E-state index is 12.7. The Morgan fingerprint density at radius 1 is 1.10 bits per heavy atom. The Kier molecular flexibility index (Phi) is 4.81. The quantitative estimate of drug-likeness (QED) is 0.691. The Bertz CT molecular complexity index is 1080. The summed E-state index contributed by atoms with van der Waals surface area (Å²) in [7, 11) is 0. The molecule has 0 aliphatic carbocycles. The van der Waals surface area contributed by atoms with Crippen LogP contribution in [0.15, 0.2) is 51.7 Å². The minimum Gasteiger partial charge on any atom is -0.408 e. The van der Waals surface area contributed by atoms with E-state index >= 15 is 0 Å². The molecule has 6 nitrogen and oxygen atoms in total. The van der Waals surface area contributed by atoms with Crippen molar-refractivity contribution in [3.05, 3.63) is 58.6 Å². The number of H-pyrrole nitrogens is 1. The number of alkyl halides is 3. The average Bonchev–Trinajstić information content (AvgIpc) is 3.07. The maximum Gasteiger partial charge on any atom is 0.417 e. The summed E-state index contributed by atoms with van der Waals surface area (Å²) < 4.78 is 43.1. The van der Waals surface area contributed by atoms with E-state index in [1.165, 1.54) is 12.1 Å². The molecule has 0 spiro atoms. The van der Waals surface area contributed by atoms with Crippen LogP contribution in [0.25, 0.3) is 11.1 Å². The number of aromatic nitrogens is 1. The zero-order valence-corrected chi connectivity index (χ0v) is 15.3. The van der Waals surface area contributed by atoms with E-state index in [0.717, 1.165) is 12.1 Å². The van der Waals surface area contributed by atoms with Gasteiger partial charge in [0.15, 0.2) is 5.58 Å². The first kappa shape index (κ1) is 19.1. The third-order valence-electron chi connectivity index (χ3n) is 5.11. The second-order valence-electron chi connectivity index (χ2n) is 7.02. The summed E-state index contributed by atoms with van der Waals surface area (Å²) in [4.78, 5) is 28.3. The van der Waals surface area contributed by atoms with Crippen LogP contribution in [0.3, 0.4) is 0 Å². The number of rotatable bonds is 3. The van der Waals surface area contributed by atoms with E-state index in [-0.39, 0.29) is 11.8 Å². The number of carbonyl (C=O) groups is 1. The number of hydrogen-bond acceptors (Lipinski definition) is 4. The van der Waals surface area contributed by atoms with Crippen molar-refractivity contribution in [3.63, 3.8) is 0 Å². The van der Waals surface area contributed by atoms with E-state index in [0.29, 0.717) is 48.4 Å². The van der Waals surface area contributed by atoms with Gasteiger partial charge in [-0.2, -0.15) is 13.2 Å². The molecule has 1 aliphatic rings. The maximum absolute atomic E-state index is 12.7. The number of fused-ring (bicyclic) bond motifs is 1. The fourth-order valence-electron chi connectivity index (χ4n) is 3.53. The second-order valence-corrected chi connectivity index (χ2v) is 7.02. The van der Waals surface area contributed by atoms with E-state index in [1.807, 2.05) is 4.90 Å². The number of amides is 1. The van der Waals surface area contributed by atoms with Crippen molar-refractivity contribution in [2.75, 3.05) is 23.3 Å². The lowest BCUT2D eigenvalue weighted by atomic mass is 9.95. The molecule has 1 amide bonds. The van der Waals surface area contributed by atoms with Crippen molar-refractivity contribution in [2.24, 2.45) is 5.92 Å². The number of carbonyl (C=O) groups excluding carboxylic acids is 1. The summed E-state index contributed by atoms with van der Waals surface area (Å²) in [5, 5.41) is 2.83. The van der Waals surface area contributed by atoms with E-state index in [2.05, 4.69) is 10.3 Å². The largest absolute Gasteiger partial charge is 0.417 e. The molecule has 0 unspecified atom stereocenters. The van der Waals surface area contributed by atoms with Gasteiger partial charge in [-0.05, 0) is 49.2 Å². The number of benzene rings is 2. The van der Waals surface area contributed by atoms with Crippen LogP contribution in [-0.2, 0) is 11.0 Å². The molecule has 1 aromatic heterocycles. The van der Waals surface area contributed by atoms with Crippen molar-refractivity contribution in [3.8, 4) is 0 Å². The Balaban J connectivity index is 1.36. The summed E-state index contributed by atoms with van der Waals surface area (Å²) in [6.07, 6.45) is -3.17. The SMILES string of the molecule is O=C(Nc1ccc2[nH]c(=O)oc2c1)C1CCN(c2ccc(C(F)(F)F)cc2)CC1. The molecule has 2 heterocycles. The molecular formula is C20H18F3N3O3. The molecule has 9 heteroatoms. The van der Waals surface area contributed by atoms with Crippen molar-refractivity contribution in [2.45, 2.75) is 19.0 Å². The number of aromatic amines is 1. The van der Waals surface area contributed by atoms with Crippen LogP contribution in [0.5, 0.6) is 0 Å². The second kappa shape index (κ2) is 7.31. The molecule has 0 atom stereocenters. The molecule has 0 bridgehead atoms. The monoisotopic (exact) mass is 405 g/mol. The number of nitrogens with one attached hydrogen (secondary N) is 2. The van der Waals surface area contributed by atoms with Gasteiger partial charge in [-0.3, -0.25) is 9.78 Å². The van der Waals surface area contributed by atoms with Gasteiger partial charge in [-0.25, -0.2) is 4.79 Å². The lowest BCUT2D eigenvalue weighted by molar-refractivity contribution is -0.137. The Morgan fingerprint density at radius 3 is 2.45 bits per heavy atom. The predicted molar refractivity (Wildman–Crippen MR) is 102 cm³/mol. The predicted octanol–water partition coefficient (Wildman–Crippen LogP) is 4.00. The highest BCUT2D eigenvalue weighted by molar-refractivity contribution is 5.94. The van der Waals surface area contributed by atoms with Gasteiger partial charge in [0.1, 0.15) is 0 Å². The molecule has 4 rings (SSSR count). The van der Waals surface area contributed by atoms with Crippen LogP contribution in [0.1, 0.15) is 18.4 Å². The van der Waals surface area contributed by atoms with Gasteiger partial charge >= 0.3 is 11.9 Å². The normalized spacial score (nSPS) is 15.6. The molecule has 0 radical (unpaired) electrons. The fraction of sp³-hybridized carbons (Fsp3) is 0.300. The molecule has 0 saturated carbocycles. The van der Waals surface area contributed by atoms with Crippen LogP contribution < -0.4 is 16.0 Å². The Morgan fingerprint density at radius 2 is 1.79 bits per heavy atom. The van der Waals surface area contributed by atoms with Gasteiger partial charge in [0.25, 0.3) is 0 Å². The van der Waals surface area contributed by atoms with Gasteiger partial charge in [-0.1, -0.05) is 0 Å². The Labute approximate surface area is 163 Å². The molecule has 1 fully saturated rings. The summed E-state index contributed by atoms with van der Waals surface area (Å²) in [5.74, 6) is -0.886. The van der Waals surface area contributed by atoms with E-state index in [4.69, 9.17) is 4.42 Å². The van der Waals surface area contributed by atoms with Crippen molar-refractivity contribution >= 4 is 28.4 Å². The van der Waals surface area contributed by atoms with Crippen LogP contribution in [0, 0.1) is 5.92 Å². The summed E-state index contributed by atoms with van der Waals surface area (Å²) >= 11 is 0. The molecule has 2 N–H and O–H groups in total. The highest BCUT2D eigenvalue weighted by Crippen LogP contribution is 2.31. The molecule has 1 aliphatic heterocycles. The number of anilines is 2. The topological polar surface area (TPSA) is 78.3 Å². The third kappa shape index (κ3) is 4.13. The molecule has 1 saturated heterocycles. The van der Waals surface area contributed by atoms with Gasteiger partial charge in [-0.15, -0.1) is 0 Å². The summed E-state index contributed by atoms with van der Waals surface area (Å²) in [5.41, 5.74) is 1.49. The van der Waals surface area contributed by atoms with Crippen LogP contribution in [-0.4, -0.2) is 24.0 Å². The minimum atomic E-state index is -4.35. The molecular weight excluding hydrogens is 387 g/mol. The first-order valence-corrected chi connectivity index (χ1v) is 9.15. The number of oxazole rings is 1. The first-order chi connectivity index (χ1) is 13.8. The number of nitrogens with zero attached hydrogens (tertiary/aromatic N) is 1. The van der Waals surface area contributed by atoms with Crippen LogP contribution in [0.4, 0.5) is 24.5 Å². The minimum absolute atomic E-state index is 0.130. The van der Waals surface area contributed by atoms with Crippen molar-refractivity contribution in [1.82, 2.24) is 4.98 Å². The van der Waals surface area contributed by atoms with Crippen LogP contribution >= 0.6 is 0 Å². The highest BCUT2D eigenvalue weighted by atomic mass is 19.4. The zero-order chi connectivity index (χ0) is 20.6. The third-order valence-corrected chi connectivity index (χ3v) is 5.11. The number of halogens is 3. The average molecular weight is 405 g/mol. The summed E-state index contributed by atoms with van der Waals surface area (Å²) in [6, 6.07) is 9.99. The molecule has 2 aromatic carbocycles. The molecule has 152 valence electrons. The van der Waals surface area contributed by atoms with Crippen molar-refractivity contribution < 1.29 is 22.4 Å². The van der Waals surface area contributed by atoms with E-state index in [9.17, 15) is 22.8 Å². The lowest BCUT2D eigenvalue weighted by Crippen LogP contribution is -2.38. The Hall–Kier alpha value is -3.23. The standard InChI is InChI=1S/C20H18F3N3O3/c21-20(22,23)13-1-4-15(5-2-13)26-9-7-12(8-10-26)18(27)24-14-3-6-16-17(11-14)29-19(28)25-16/h1-6,11-12H,7-10H2,(H,24,27)(H,25,28). The smallest absolute Gasteiger partial charge is 0.408 e. The van der Waals surface area contributed by atoms with Gasteiger partial charge < -0.3 is 14.6 Å². The fourth-order valence-corrected chi connectivity index (χ4v) is 3.53. The van der Waals surface area contributed by atoms with Gasteiger partial charge in [0.2, 0.25) is 5.91 Å². The molecule has 29 heavy (non-hydrogen) atoms. The van der Waals surface area contributed by atoms with Crippen LogP contribution in [0.2, 0.25) is 0 Å².